The van der Waals surface area contributed by atoms with Crippen molar-refractivity contribution in [1.29, 1.82) is 0 Å². The average Bonchev–Trinajstić information content (AvgIpc) is 3.42. The minimum absolute atomic E-state index is 0.139. The molecular weight excluding hydrogens is 430 g/mol. The zero-order chi connectivity index (χ0) is 20.8. The second kappa shape index (κ2) is 7.87. The zero-order valence-electron chi connectivity index (χ0n) is 17.3. The van der Waals surface area contributed by atoms with Gasteiger partial charge in [-0.1, -0.05) is 35.6 Å². The molecule has 2 aromatic carbocycles. The van der Waals surface area contributed by atoms with Crippen LogP contribution in [0.4, 0.5) is 0 Å². The van der Waals surface area contributed by atoms with Crippen molar-refractivity contribution in [3.05, 3.63) is 61.0 Å². The molecule has 5 rings (SSSR count). The van der Waals surface area contributed by atoms with Crippen molar-refractivity contribution >= 4 is 66.5 Å². The van der Waals surface area contributed by atoms with Gasteiger partial charge in [0, 0.05) is 25.9 Å². The fourth-order valence-corrected chi connectivity index (χ4v) is 7.89. The van der Waals surface area contributed by atoms with E-state index in [1.807, 2.05) is 4.57 Å². The summed E-state index contributed by atoms with van der Waals surface area (Å²) in [5.74, 6) is 1.05. The first-order chi connectivity index (χ1) is 14.6. The van der Waals surface area contributed by atoms with Crippen molar-refractivity contribution in [2.75, 3.05) is 19.3 Å². The lowest BCUT2D eigenvalue weighted by molar-refractivity contribution is -0.664. The Morgan fingerprint density at radius 3 is 2.70 bits per heavy atom. The maximum absolute atomic E-state index is 13.1. The van der Waals surface area contributed by atoms with Crippen LogP contribution in [0.3, 0.4) is 0 Å². The molecule has 0 unspecified atom stereocenters. The second-order valence-corrected chi connectivity index (χ2v) is 10.5. The van der Waals surface area contributed by atoms with Gasteiger partial charge < -0.3 is 4.90 Å². The highest BCUT2D eigenvalue weighted by atomic mass is 32.2. The Balaban J connectivity index is 1.80. The van der Waals surface area contributed by atoms with E-state index in [1.54, 1.807) is 34.4 Å². The van der Waals surface area contributed by atoms with Gasteiger partial charge in [0.25, 0.3) is 10.6 Å². The van der Waals surface area contributed by atoms with Crippen LogP contribution in [0.5, 0.6) is 0 Å². The lowest BCUT2D eigenvalue weighted by Crippen LogP contribution is -2.35. The smallest absolute Gasteiger partial charge is 0.271 e. The number of aryl methyl sites for hydroxylation is 1. The van der Waals surface area contributed by atoms with Gasteiger partial charge in [-0.25, -0.2) is 0 Å². The van der Waals surface area contributed by atoms with Gasteiger partial charge in [0.2, 0.25) is 5.52 Å². The van der Waals surface area contributed by atoms with E-state index in [0.29, 0.717) is 6.54 Å². The van der Waals surface area contributed by atoms with E-state index < -0.39 is 0 Å². The molecule has 7 heteroatoms. The Morgan fingerprint density at radius 1 is 1.13 bits per heavy atom. The molecule has 1 saturated heterocycles. The van der Waals surface area contributed by atoms with E-state index in [1.165, 1.54) is 26.0 Å². The van der Waals surface area contributed by atoms with E-state index >= 15 is 0 Å². The molecule has 154 valence electrons. The monoisotopic (exact) mass is 454 g/mol. The highest BCUT2D eigenvalue weighted by Gasteiger charge is 2.22. The molecule has 1 aliphatic heterocycles. The highest BCUT2D eigenvalue weighted by molar-refractivity contribution is 8.08. The van der Waals surface area contributed by atoms with Gasteiger partial charge in [-0.15, -0.1) is 23.1 Å². The Morgan fingerprint density at radius 2 is 1.97 bits per heavy atom. The van der Waals surface area contributed by atoms with Gasteiger partial charge in [-0.3, -0.25) is 9.36 Å². The highest BCUT2D eigenvalue weighted by Crippen LogP contribution is 2.28. The molecule has 0 N–H and O–H groups in total. The molecule has 0 radical (unpaired) electrons. The van der Waals surface area contributed by atoms with Gasteiger partial charge in [0.1, 0.15) is 20.4 Å². The third-order valence-corrected chi connectivity index (χ3v) is 9.13. The van der Waals surface area contributed by atoms with E-state index in [0.717, 1.165) is 33.1 Å². The van der Waals surface area contributed by atoms with Crippen LogP contribution >= 0.6 is 34.4 Å². The molecule has 0 saturated carbocycles. The number of nitrogens with zero attached hydrogens (tertiary/aromatic N) is 3. The normalized spacial score (nSPS) is 17.0. The number of rotatable bonds is 3. The predicted molar refractivity (Wildman–Crippen MR) is 131 cm³/mol. The summed E-state index contributed by atoms with van der Waals surface area (Å²) in [6.07, 6.45) is 2.21. The largest absolute Gasteiger partial charge is 0.367 e. The second-order valence-electron chi connectivity index (χ2n) is 7.36. The van der Waals surface area contributed by atoms with Crippen LogP contribution < -0.4 is 19.3 Å². The van der Waals surface area contributed by atoms with E-state index in [-0.39, 0.29) is 5.56 Å². The van der Waals surface area contributed by atoms with Gasteiger partial charge in [0.15, 0.2) is 0 Å². The molecule has 0 aliphatic carbocycles. The lowest BCUT2D eigenvalue weighted by atomic mass is 10.1. The lowest BCUT2D eigenvalue weighted by Gasteiger charge is -2.08. The first-order valence-corrected chi connectivity index (χ1v) is 12.9. The molecule has 4 aromatic rings. The number of thioether (sulfide) groups is 1. The number of thiazole rings is 2. The van der Waals surface area contributed by atoms with Crippen molar-refractivity contribution < 1.29 is 4.57 Å². The summed E-state index contributed by atoms with van der Waals surface area (Å²) in [5, 5.41) is 4.86. The fourth-order valence-electron chi connectivity index (χ4n) is 4.10. The maximum Gasteiger partial charge on any atom is 0.271 e. The van der Waals surface area contributed by atoms with Crippen molar-refractivity contribution in [2.24, 2.45) is 0 Å². The molecule has 0 bridgehead atoms. The Hall–Kier alpha value is -2.09. The minimum Gasteiger partial charge on any atom is -0.367 e. The molecule has 0 atom stereocenters. The summed E-state index contributed by atoms with van der Waals surface area (Å²) in [4.78, 5) is 15.3. The van der Waals surface area contributed by atoms with Crippen LogP contribution in [0.25, 0.3) is 32.1 Å². The maximum atomic E-state index is 13.1. The number of hydrogen-bond acceptors (Lipinski definition) is 5. The summed E-state index contributed by atoms with van der Waals surface area (Å²) in [6, 6.07) is 13.0. The standard InChI is InChI=1S/C23H24N3OS3/c1-4-25-18(29-17-11-10-15-8-6-7-9-16(15)20(17)25)14-19-26(5-2)22(27)21(30-19)23-24(3)12-13-28-23/h6-11,14H,4-5,12-13H2,1-3H3/q+1/b23-21-. The number of aromatic nitrogens is 2. The van der Waals surface area contributed by atoms with Crippen LogP contribution in [0.2, 0.25) is 0 Å². The topological polar surface area (TPSA) is 29.1 Å². The Kier molecular flexibility index (Phi) is 5.21. The summed E-state index contributed by atoms with van der Waals surface area (Å²) in [7, 11) is 2.08. The SMILES string of the molecule is CCn1c(=O)/c(=C2/SCCN2C)s/c1=C/c1sc2ccc3ccccc3c2[n+]1CC. The van der Waals surface area contributed by atoms with Crippen LogP contribution in [0.1, 0.15) is 18.9 Å². The van der Waals surface area contributed by atoms with E-state index in [9.17, 15) is 4.79 Å². The van der Waals surface area contributed by atoms with E-state index in [4.69, 9.17) is 0 Å². The third kappa shape index (κ3) is 3.11. The van der Waals surface area contributed by atoms with Gasteiger partial charge in [-0.05, 0) is 31.4 Å². The molecule has 2 aromatic heterocycles. The predicted octanol–water partition coefficient (Wildman–Crippen LogP) is 3.18. The molecule has 1 aliphatic rings. The summed E-state index contributed by atoms with van der Waals surface area (Å²) < 4.78 is 7.49. The number of hydrogen-bond donors (Lipinski definition) is 0. The number of benzene rings is 2. The van der Waals surface area contributed by atoms with Gasteiger partial charge >= 0.3 is 0 Å². The average molecular weight is 455 g/mol. The number of fused-ring (bicyclic) bond motifs is 3. The van der Waals surface area contributed by atoms with Gasteiger partial charge in [0.05, 0.1) is 16.5 Å². The Bertz CT molecular complexity index is 1440. The summed E-state index contributed by atoms with van der Waals surface area (Å²) in [6.45, 7) is 6.82. The summed E-state index contributed by atoms with van der Waals surface area (Å²) in [5.41, 5.74) is 1.43. The van der Waals surface area contributed by atoms with Crippen LogP contribution in [-0.2, 0) is 13.1 Å². The molecular formula is C23H24N3OS3+. The first-order valence-electron chi connectivity index (χ1n) is 10.3. The van der Waals surface area contributed by atoms with Crippen molar-refractivity contribution in [2.45, 2.75) is 26.9 Å². The molecule has 0 amide bonds. The Labute approximate surface area is 187 Å². The minimum atomic E-state index is 0.139. The van der Waals surface area contributed by atoms with E-state index in [2.05, 4.69) is 72.8 Å². The summed E-state index contributed by atoms with van der Waals surface area (Å²) >= 11 is 5.22. The van der Waals surface area contributed by atoms with Crippen molar-refractivity contribution in [3.8, 4) is 0 Å². The molecule has 0 spiro atoms. The fraction of sp³-hybridized carbons (Fsp3) is 0.304. The van der Waals surface area contributed by atoms with Crippen molar-refractivity contribution in [3.63, 3.8) is 0 Å². The third-order valence-electron chi connectivity index (χ3n) is 5.61. The zero-order valence-corrected chi connectivity index (χ0v) is 19.8. The van der Waals surface area contributed by atoms with Crippen LogP contribution in [-0.4, -0.2) is 28.8 Å². The van der Waals surface area contributed by atoms with Crippen LogP contribution in [0.15, 0.2) is 41.2 Å². The molecule has 1 fully saturated rings. The first kappa shape index (κ1) is 19.8. The molecule has 30 heavy (non-hydrogen) atoms. The van der Waals surface area contributed by atoms with Gasteiger partial charge in [-0.2, -0.15) is 4.57 Å². The van der Waals surface area contributed by atoms with Crippen LogP contribution in [0, 0.1) is 0 Å². The van der Waals surface area contributed by atoms with Crippen molar-refractivity contribution in [1.82, 2.24) is 9.47 Å². The molecule has 3 heterocycles. The molecule has 4 nitrogen and oxygen atoms in total. The quantitative estimate of drug-likeness (QED) is 0.445.